The minimum absolute atomic E-state index is 0.512. The van der Waals surface area contributed by atoms with Crippen LogP contribution >= 0.6 is 11.8 Å². The van der Waals surface area contributed by atoms with Gasteiger partial charge in [0.05, 0.1) is 24.8 Å². The third-order valence-electron chi connectivity index (χ3n) is 2.85. The zero-order valence-electron chi connectivity index (χ0n) is 9.69. The van der Waals surface area contributed by atoms with Gasteiger partial charge in [-0.05, 0) is 23.3 Å². The van der Waals surface area contributed by atoms with Crippen LogP contribution in [0.25, 0.3) is 0 Å². The summed E-state index contributed by atoms with van der Waals surface area (Å²) < 4.78 is 5.35. The van der Waals surface area contributed by atoms with E-state index in [-0.39, 0.29) is 0 Å². The molecule has 1 saturated heterocycles. The second kappa shape index (κ2) is 5.90. The predicted octanol–water partition coefficient (Wildman–Crippen LogP) is 2.99. The van der Waals surface area contributed by atoms with Crippen molar-refractivity contribution < 1.29 is 4.74 Å². The number of benzene rings is 1. The van der Waals surface area contributed by atoms with Crippen LogP contribution < -0.4 is 0 Å². The molecule has 88 valence electrons. The fraction of sp³-hybridized carbons (Fsp3) is 0.357. The minimum Gasteiger partial charge on any atom is -0.376 e. The molecule has 1 fully saturated rings. The van der Waals surface area contributed by atoms with E-state index < -0.39 is 0 Å². The molecule has 0 aromatic heterocycles. The molecule has 17 heavy (non-hydrogen) atoms. The molecule has 1 aliphatic heterocycles. The molecule has 0 spiro atoms. The number of hydrogen-bond acceptors (Lipinski definition) is 3. The fourth-order valence-electron chi connectivity index (χ4n) is 1.73. The molecule has 0 radical (unpaired) electrons. The van der Waals surface area contributed by atoms with E-state index >= 15 is 0 Å². The highest BCUT2D eigenvalue weighted by Crippen LogP contribution is 2.24. The molecule has 2 nitrogen and oxygen atoms in total. The fourth-order valence-corrected chi connectivity index (χ4v) is 2.89. The van der Waals surface area contributed by atoms with E-state index in [0.717, 1.165) is 30.3 Å². The van der Waals surface area contributed by atoms with Crippen molar-refractivity contribution in [3.05, 3.63) is 47.5 Å². The summed E-state index contributed by atoms with van der Waals surface area (Å²) in [5.74, 6) is 2.56. The Morgan fingerprint density at radius 1 is 1.41 bits per heavy atom. The topological polar surface area (TPSA) is 33.0 Å². The maximum absolute atomic E-state index is 8.70. The second-order valence-corrected chi connectivity index (χ2v) is 5.22. The third kappa shape index (κ3) is 3.36. The first-order chi connectivity index (χ1) is 8.29. The van der Waals surface area contributed by atoms with Crippen molar-refractivity contribution in [1.29, 1.82) is 5.26 Å². The molecule has 1 aliphatic rings. The van der Waals surface area contributed by atoms with Gasteiger partial charge in [0.1, 0.15) is 0 Å². The van der Waals surface area contributed by atoms with Crippen LogP contribution in [-0.2, 0) is 10.5 Å². The lowest BCUT2D eigenvalue weighted by atomic mass is 10.1. The summed E-state index contributed by atoms with van der Waals surface area (Å²) in [6.07, 6.45) is 0. The lowest BCUT2D eigenvalue weighted by Crippen LogP contribution is -2.04. The Morgan fingerprint density at radius 3 is 2.76 bits per heavy atom. The minimum atomic E-state index is 0.512. The van der Waals surface area contributed by atoms with Crippen molar-refractivity contribution >= 4 is 11.8 Å². The van der Waals surface area contributed by atoms with Gasteiger partial charge in [0, 0.05) is 17.4 Å². The molecular formula is C14H15NOS. The van der Waals surface area contributed by atoms with E-state index in [0.29, 0.717) is 5.92 Å². The third-order valence-corrected chi connectivity index (χ3v) is 4.03. The maximum atomic E-state index is 8.70. The molecule has 0 bridgehead atoms. The van der Waals surface area contributed by atoms with E-state index in [9.17, 15) is 0 Å². The van der Waals surface area contributed by atoms with Crippen molar-refractivity contribution in [3.8, 4) is 6.07 Å². The predicted molar refractivity (Wildman–Crippen MR) is 70.8 cm³/mol. The Bertz CT molecular complexity index is 433. The van der Waals surface area contributed by atoms with Gasteiger partial charge in [0.25, 0.3) is 0 Å². The zero-order valence-corrected chi connectivity index (χ0v) is 10.5. The van der Waals surface area contributed by atoms with Gasteiger partial charge in [-0.2, -0.15) is 17.0 Å². The van der Waals surface area contributed by atoms with Crippen LogP contribution in [0.1, 0.15) is 11.1 Å². The molecule has 1 aromatic rings. The van der Waals surface area contributed by atoms with Crippen molar-refractivity contribution in [3.63, 3.8) is 0 Å². The smallest absolute Gasteiger partial charge is 0.0991 e. The van der Waals surface area contributed by atoms with E-state index in [1.165, 1.54) is 11.1 Å². The summed E-state index contributed by atoms with van der Waals surface area (Å²) >= 11 is 1.90. The molecule has 3 heteroatoms. The first-order valence-electron chi connectivity index (χ1n) is 5.62. The molecule has 1 unspecified atom stereocenters. The second-order valence-electron chi connectivity index (χ2n) is 4.19. The van der Waals surface area contributed by atoms with Gasteiger partial charge >= 0.3 is 0 Å². The Balaban J connectivity index is 1.78. The number of nitrogens with zero attached hydrogens (tertiary/aromatic N) is 1. The quantitative estimate of drug-likeness (QED) is 0.764. The van der Waals surface area contributed by atoms with Crippen LogP contribution in [0.2, 0.25) is 0 Å². The van der Waals surface area contributed by atoms with E-state index in [1.54, 1.807) is 0 Å². The number of hydrogen-bond donors (Lipinski definition) is 0. The monoisotopic (exact) mass is 245 g/mol. The van der Waals surface area contributed by atoms with Crippen LogP contribution in [0.4, 0.5) is 0 Å². The molecule has 1 aromatic carbocycles. The van der Waals surface area contributed by atoms with Crippen molar-refractivity contribution in [2.45, 2.75) is 5.75 Å². The Hall–Kier alpha value is -1.24. The number of thioether (sulfide) groups is 1. The maximum Gasteiger partial charge on any atom is 0.0991 e. The number of ether oxygens (including phenoxy) is 1. The van der Waals surface area contributed by atoms with Gasteiger partial charge in [-0.1, -0.05) is 18.7 Å². The first-order valence-corrected chi connectivity index (χ1v) is 6.77. The van der Waals surface area contributed by atoms with Gasteiger partial charge in [0.15, 0.2) is 0 Å². The molecule has 0 saturated carbocycles. The van der Waals surface area contributed by atoms with Gasteiger partial charge in [-0.25, -0.2) is 0 Å². The molecule has 0 N–H and O–H groups in total. The summed E-state index contributed by atoms with van der Waals surface area (Å²) in [4.78, 5) is 0. The Morgan fingerprint density at radius 2 is 2.18 bits per heavy atom. The van der Waals surface area contributed by atoms with E-state index in [4.69, 9.17) is 10.00 Å². The van der Waals surface area contributed by atoms with Crippen LogP contribution in [0.3, 0.4) is 0 Å². The highest BCUT2D eigenvalue weighted by molar-refractivity contribution is 7.98. The Kier molecular flexibility index (Phi) is 4.24. The van der Waals surface area contributed by atoms with Gasteiger partial charge in [0.2, 0.25) is 0 Å². The molecule has 1 atom stereocenters. The van der Waals surface area contributed by atoms with Crippen molar-refractivity contribution in [2.24, 2.45) is 5.92 Å². The van der Waals surface area contributed by atoms with Gasteiger partial charge in [-0.15, -0.1) is 0 Å². The molecule has 2 rings (SSSR count). The molecule has 0 aliphatic carbocycles. The standard InChI is InChI=1S/C14H15NOS/c1-11-7-16-8-14(11)10-17-9-13-4-2-12(6-15)3-5-13/h2-5,14H,1,7-10H2. The molecule has 0 amide bonds. The molecular weight excluding hydrogens is 230 g/mol. The van der Waals surface area contributed by atoms with E-state index in [1.807, 2.05) is 36.0 Å². The summed E-state index contributed by atoms with van der Waals surface area (Å²) in [7, 11) is 0. The highest BCUT2D eigenvalue weighted by Gasteiger charge is 2.19. The van der Waals surface area contributed by atoms with Gasteiger partial charge in [-0.3, -0.25) is 0 Å². The number of rotatable bonds is 4. The SMILES string of the molecule is C=C1COCC1CSCc1ccc(C#N)cc1. The molecule has 1 heterocycles. The van der Waals surface area contributed by atoms with Gasteiger partial charge < -0.3 is 4.74 Å². The lowest BCUT2D eigenvalue weighted by Gasteiger charge is -2.08. The number of nitriles is 1. The largest absolute Gasteiger partial charge is 0.376 e. The Labute approximate surface area is 106 Å². The van der Waals surface area contributed by atoms with Crippen molar-refractivity contribution in [1.82, 2.24) is 0 Å². The van der Waals surface area contributed by atoms with E-state index in [2.05, 4.69) is 12.6 Å². The summed E-state index contributed by atoms with van der Waals surface area (Å²) in [5, 5.41) is 8.70. The summed E-state index contributed by atoms with van der Waals surface area (Å²) in [6.45, 7) is 5.55. The van der Waals surface area contributed by atoms with Crippen LogP contribution in [0.5, 0.6) is 0 Å². The highest BCUT2D eigenvalue weighted by atomic mass is 32.2. The normalized spacial score (nSPS) is 19.2. The average molecular weight is 245 g/mol. The van der Waals surface area contributed by atoms with Crippen LogP contribution in [0.15, 0.2) is 36.4 Å². The average Bonchev–Trinajstić information content (AvgIpc) is 2.76. The van der Waals surface area contributed by atoms with Crippen LogP contribution in [0, 0.1) is 17.2 Å². The lowest BCUT2D eigenvalue weighted by molar-refractivity contribution is 0.192. The van der Waals surface area contributed by atoms with Crippen LogP contribution in [-0.4, -0.2) is 19.0 Å². The summed E-state index contributed by atoms with van der Waals surface area (Å²) in [6, 6.07) is 9.90. The summed E-state index contributed by atoms with van der Waals surface area (Å²) in [5.41, 5.74) is 3.20. The van der Waals surface area contributed by atoms with Crippen molar-refractivity contribution in [2.75, 3.05) is 19.0 Å². The first kappa shape index (κ1) is 12.2. The zero-order chi connectivity index (χ0) is 12.1.